The number of carbonyl (C=O) groups excluding carboxylic acids is 1. The maximum Gasteiger partial charge on any atom is 0.316 e. The van der Waals surface area contributed by atoms with Crippen LogP contribution in [-0.4, -0.2) is 6.03 Å². The van der Waals surface area contributed by atoms with Crippen molar-refractivity contribution in [2.75, 3.05) is 5.32 Å². The number of nitrogens with two attached hydrogens (primary N) is 1. The Kier molecular flexibility index (Phi) is 2.48. The van der Waals surface area contributed by atoms with Crippen LogP contribution in [0.15, 0.2) is 22.7 Å². The van der Waals surface area contributed by atoms with Crippen molar-refractivity contribution in [1.29, 1.82) is 0 Å². The molecule has 1 radical (unpaired) electrons. The van der Waals surface area contributed by atoms with Crippen LogP contribution >= 0.6 is 15.9 Å². The summed E-state index contributed by atoms with van der Waals surface area (Å²) in [6.07, 6.45) is 0. The third kappa shape index (κ3) is 2.59. The Morgan fingerprint density at radius 3 is 2.82 bits per heavy atom. The van der Waals surface area contributed by atoms with Crippen LogP contribution in [0.2, 0.25) is 0 Å². The van der Waals surface area contributed by atoms with Gasteiger partial charge >= 0.3 is 6.03 Å². The second-order valence-corrected chi connectivity index (χ2v) is 2.83. The summed E-state index contributed by atoms with van der Waals surface area (Å²) in [6, 6.07) is 7.43. The van der Waals surface area contributed by atoms with E-state index in [2.05, 4.69) is 27.3 Å². The van der Waals surface area contributed by atoms with Crippen LogP contribution in [-0.2, 0) is 0 Å². The average molecular weight is 214 g/mol. The van der Waals surface area contributed by atoms with Gasteiger partial charge in [-0.05, 0) is 18.2 Å². The summed E-state index contributed by atoms with van der Waals surface area (Å²) >= 11 is 3.24. The molecule has 0 unspecified atom stereocenters. The fraction of sp³-hybridized carbons (Fsp3) is 0. The zero-order valence-corrected chi connectivity index (χ0v) is 7.18. The van der Waals surface area contributed by atoms with Gasteiger partial charge in [-0.2, -0.15) is 0 Å². The molecule has 2 amide bonds. The molecule has 0 aliphatic carbocycles. The largest absolute Gasteiger partial charge is 0.351 e. The van der Waals surface area contributed by atoms with E-state index in [-0.39, 0.29) is 0 Å². The van der Waals surface area contributed by atoms with Crippen molar-refractivity contribution in [3.63, 3.8) is 0 Å². The molecule has 4 heteroatoms. The van der Waals surface area contributed by atoms with Gasteiger partial charge in [0, 0.05) is 10.5 Å². The van der Waals surface area contributed by atoms with E-state index in [1.54, 1.807) is 18.2 Å². The van der Waals surface area contributed by atoms with E-state index in [1.807, 2.05) is 0 Å². The Hall–Kier alpha value is -1.03. The van der Waals surface area contributed by atoms with Gasteiger partial charge in [0.2, 0.25) is 0 Å². The number of nitrogens with one attached hydrogen (secondary N) is 1. The molecular formula is C7H6BrN2O. The lowest BCUT2D eigenvalue weighted by molar-refractivity contribution is 0.259. The molecule has 0 saturated heterocycles. The molecule has 0 heterocycles. The lowest BCUT2D eigenvalue weighted by Gasteiger charge is -1.98. The van der Waals surface area contributed by atoms with Crippen molar-refractivity contribution >= 4 is 27.6 Å². The van der Waals surface area contributed by atoms with Gasteiger partial charge in [0.1, 0.15) is 0 Å². The highest BCUT2D eigenvalue weighted by Crippen LogP contribution is 2.12. The fourth-order valence-electron chi connectivity index (χ4n) is 0.616. The quantitative estimate of drug-likeness (QED) is 0.734. The maximum atomic E-state index is 10.3. The van der Waals surface area contributed by atoms with E-state index in [4.69, 9.17) is 5.73 Å². The highest BCUT2D eigenvalue weighted by atomic mass is 79.9. The number of urea groups is 1. The van der Waals surface area contributed by atoms with Gasteiger partial charge in [0.15, 0.2) is 0 Å². The summed E-state index contributed by atoms with van der Waals surface area (Å²) < 4.78 is 0.910. The summed E-state index contributed by atoms with van der Waals surface area (Å²) in [5.74, 6) is 0. The lowest BCUT2D eigenvalue weighted by atomic mass is 10.3. The molecule has 0 bridgehead atoms. The number of primary amides is 1. The average Bonchev–Trinajstić information content (AvgIpc) is 1.93. The number of carbonyl (C=O) groups is 1. The molecule has 3 nitrogen and oxygen atoms in total. The molecule has 0 fully saturated rings. The molecule has 3 N–H and O–H groups in total. The number of hydrogen-bond donors (Lipinski definition) is 2. The second-order valence-electron chi connectivity index (χ2n) is 1.91. The first kappa shape index (κ1) is 8.07. The lowest BCUT2D eigenvalue weighted by Crippen LogP contribution is -2.19. The van der Waals surface area contributed by atoms with Crippen molar-refractivity contribution in [3.8, 4) is 0 Å². The van der Waals surface area contributed by atoms with E-state index in [1.165, 1.54) is 0 Å². The summed E-state index contributed by atoms with van der Waals surface area (Å²) in [6.45, 7) is 0. The number of anilines is 1. The zero-order chi connectivity index (χ0) is 8.27. The van der Waals surface area contributed by atoms with Gasteiger partial charge < -0.3 is 11.1 Å². The van der Waals surface area contributed by atoms with Crippen LogP contribution in [0.5, 0.6) is 0 Å². The normalized spacial score (nSPS) is 9.18. The molecule has 57 valence electrons. The first-order chi connectivity index (χ1) is 5.18. The summed E-state index contributed by atoms with van der Waals surface area (Å²) in [7, 11) is 0. The standard InChI is InChI=1S/C7H6BrN2O/c8-5-1-3-6(4-2-5)10-7(9)11/h1-3H,(H3,9,10,11). The molecule has 0 atom stereocenters. The van der Waals surface area contributed by atoms with Crippen LogP contribution in [0.25, 0.3) is 0 Å². The molecule has 1 aromatic carbocycles. The fourth-order valence-corrected chi connectivity index (χ4v) is 0.863. The highest BCUT2D eigenvalue weighted by Gasteiger charge is 1.94. The van der Waals surface area contributed by atoms with Gasteiger partial charge in [-0.3, -0.25) is 0 Å². The van der Waals surface area contributed by atoms with Crippen LogP contribution in [0, 0.1) is 6.07 Å². The topological polar surface area (TPSA) is 55.1 Å². The molecule has 0 aliphatic heterocycles. The number of benzene rings is 1. The third-order valence-electron chi connectivity index (χ3n) is 1.03. The molecular weight excluding hydrogens is 208 g/mol. The van der Waals surface area contributed by atoms with Crippen LogP contribution in [0.4, 0.5) is 10.5 Å². The minimum absolute atomic E-state index is 0.570. The second kappa shape index (κ2) is 3.39. The Morgan fingerprint density at radius 1 is 1.64 bits per heavy atom. The SMILES string of the molecule is NC(=O)Nc1[c]cc(Br)cc1. The minimum atomic E-state index is -0.580. The van der Waals surface area contributed by atoms with E-state index < -0.39 is 6.03 Å². The molecule has 0 spiro atoms. The van der Waals surface area contributed by atoms with Crippen LogP contribution < -0.4 is 11.1 Å². The van der Waals surface area contributed by atoms with Gasteiger partial charge in [0.25, 0.3) is 0 Å². The molecule has 0 aliphatic rings. The Bertz CT molecular complexity index is 258. The molecule has 1 rings (SSSR count). The zero-order valence-electron chi connectivity index (χ0n) is 5.60. The number of rotatable bonds is 1. The third-order valence-corrected chi connectivity index (χ3v) is 1.53. The number of hydrogen-bond acceptors (Lipinski definition) is 1. The summed E-state index contributed by atoms with van der Waals surface area (Å²) in [5, 5.41) is 2.39. The van der Waals surface area contributed by atoms with Crippen molar-refractivity contribution < 1.29 is 4.79 Å². The highest BCUT2D eigenvalue weighted by molar-refractivity contribution is 9.10. The summed E-state index contributed by atoms with van der Waals surface area (Å²) in [5.41, 5.74) is 5.45. The van der Waals surface area contributed by atoms with Crippen molar-refractivity contribution in [3.05, 3.63) is 28.7 Å². The van der Waals surface area contributed by atoms with Gasteiger partial charge in [-0.25, -0.2) is 4.79 Å². The predicted molar refractivity (Wildman–Crippen MR) is 46.2 cm³/mol. The molecule has 11 heavy (non-hydrogen) atoms. The Morgan fingerprint density at radius 2 is 2.36 bits per heavy atom. The first-order valence-electron chi connectivity index (χ1n) is 2.92. The first-order valence-corrected chi connectivity index (χ1v) is 3.71. The molecule has 0 aromatic heterocycles. The minimum Gasteiger partial charge on any atom is -0.351 e. The Balaban J connectivity index is 2.74. The van der Waals surface area contributed by atoms with Crippen LogP contribution in [0.3, 0.4) is 0 Å². The maximum absolute atomic E-state index is 10.3. The number of halogens is 1. The molecule has 0 saturated carbocycles. The van der Waals surface area contributed by atoms with Gasteiger partial charge in [-0.15, -0.1) is 0 Å². The van der Waals surface area contributed by atoms with E-state index in [0.29, 0.717) is 5.69 Å². The molecule has 1 aromatic rings. The van der Waals surface area contributed by atoms with E-state index in [0.717, 1.165) is 4.47 Å². The smallest absolute Gasteiger partial charge is 0.316 e. The predicted octanol–water partition coefficient (Wildman–Crippen LogP) is 1.74. The van der Waals surface area contributed by atoms with Gasteiger partial charge in [-0.1, -0.05) is 15.9 Å². The van der Waals surface area contributed by atoms with Crippen LogP contribution in [0.1, 0.15) is 0 Å². The summed E-state index contributed by atoms with van der Waals surface area (Å²) in [4.78, 5) is 10.3. The van der Waals surface area contributed by atoms with Crippen molar-refractivity contribution in [1.82, 2.24) is 0 Å². The Labute approximate surface area is 72.7 Å². The van der Waals surface area contributed by atoms with E-state index >= 15 is 0 Å². The van der Waals surface area contributed by atoms with Crippen molar-refractivity contribution in [2.45, 2.75) is 0 Å². The number of amides is 2. The van der Waals surface area contributed by atoms with Crippen molar-refractivity contribution in [2.24, 2.45) is 5.73 Å². The van der Waals surface area contributed by atoms with E-state index in [9.17, 15) is 4.79 Å². The van der Waals surface area contributed by atoms with Gasteiger partial charge in [0.05, 0.1) is 5.69 Å². The monoisotopic (exact) mass is 213 g/mol.